The molecule has 0 atom stereocenters. The van der Waals surface area contributed by atoms with Gasteiger partial charge in [-0.25, -0.2) is 8.78 Å². The lowest BCUT2D eigenvalue weighted by atomic mass is 10.2. The largest absolute Gasteiger partial charge is 0.491 e. The molecule has 5 heteroatoms. The van der Waals surface area contributed by atoms with Gasteiger partial charge in [0.25, 0.3) is 6.43 Å². The van der Waals surface area contributed by atoms with Crippen molar-refractivity contribution < 1.29 is 18.3 Å². The molecule has 0 saturated heterocycles. The van der Waals surface area contributed by atoms with Crippen molar-refractivity contribution in [1.82, 2.24) is 5.32 Å². The van der Waals surface area contributed by atoms with Crippen molar-refractivity contribution in [1.29, 1.82) is 0 Å². The van der Waals surface area contributed by atoms with Crippen LogP contribution in [0.2, 0.25) is 0 Å². The van der Waals surface area contributed by atoms with E-state index in [2.05, 4.69) is 5.32 Å². The third-order valence-corrected chi connectivity index (χ3v) is 2.84. The van der Waals surface area contributed by atoms with Crippen molar-refractivity contribution in [3.8, 4) is 5.75 Å². The van der Waals surface area contributed by atoms with E-state index in [4.69, 9.17) is 9.47 Å². The Morgan fingerprint density at radius 2 is 1.89 bits per heavy atom. The minimum atomic E-state index is -2.42. The van der Waals surface area contributed by atoms with Gasteiger partial charge in [-0.1, -0.05) is 12.1 Å². The van der Waals surface area contributed by atoms with Crippen LogP contribution in [-0.4, -0.2) is 32.3 Å². The lowest BCUT2D eigenvalue weighted by Crippen LogP contribution is -2.15. The quantitative estimate of drug-likeness (QED) is 0.700. The minimum Gasteiger partial charge on any atom is -0.491 e. The number of hydrogen-bond acceptors (Lipinski definition) is 3. The zero-order chi connectivity index (χ0) is 13.5. The third-order valence-electron chi connectivity index (χ3n) is 2.84. The molecule has 0 bridgehead atoms. The lowest BCUT2D eigenvalue weighted by molar-refractivity contribution is 0.00763. The van der Waals surface area contributed by atoms with Gasteiger partial charge in [-0.05, 0) is 30.5 Å². The van der Waals surface area contributed by atoms with Crippen molar-refractivity contribution in [3.05, 3.63) is 29.8 Å². The van der Waals surface area contributed by atoms with Gasteiger partial charge >= 0.3 is 0 Å². The summed E-state index contributed by atoms with van der Waals surface area (Å²) in [6, 6.07) is 8.48. The summed E-state index contributed by atoms with van der Waals surface area (Å²) in [5, 5.41) is 3.43. The van der Waals surface area contributed by atoms with Gasteiger partial charge in [0.1, 0.15) is 19.0 Å². The Kier molecular flexibility index (Phi) is 5.54. The van der Waals surface area contributed by atoms with Gasteiger partial charge in [0.2, 0.25) is 0 Å². The average Bonchev–Trinajstić information content (AvgIpc) is 3.21. The van der Waals surface area contributed by atoms with Gasteiger partial charge in [-0.2, -0.15) is 0 Å². The van der Waals surface area contributed by atoms with Crippen molar-refractivity contribution in [2.45, 2.75) is 31.9 Å². The van der Waals surface area contributed by atoms with Crippen LogP contribution in [0.1, 0.15) is 18.4 Å². The minimum absolute atomic E-state index is 0.176. The zero-order valence-electron chi connectivity index (χ0n) is 10.8. The average molecular weight is 271 g/mol. The van der Waals surface area contributed by atoms with Crippen molar-refractivity contribution >= 4 is 0 Å². The highest BCUT2D eigenvalue weighted by Crippen LogP contribution is 2.19. The van der Waals surface area contributed by atoms with E-state index in [1.54, 1.807) is 0 Å². The van der Waals surface area contributed by atoms with E-state index in [0.29, 0.717) is 6.04 Å². The number of halogens is 2. The van der Waals surface area contributed by atoms with Crippen LogP contribution in [0.25, 0.3) is 0 Å². The lowest BCUT2D eigenvalue weighted by Gasteiger charge is -2.08. The molecule has 0 radical (unpaired) electrons. The normalized spacial score (nSPS) is 14.9. The monoisotopic (exact) mass is 271 g/mol. The summed E-state index contributed by atoms with van der Waals surface area (Å²) in [6.45, 7) is 0.805. The van der Waals surface area contributed by atoms with E-state index < -0.39 is 13.0 Å². The van der Waals surface area contributed by atoms with Crippen molar-refractivity contribution in [2.24, 2.45) is 0 Å². The molecule has 0 heterocycles. The number of hydrogen-bond donors (Lipinski definition) is 1. The predicted octanol–water partition coefficient (Wildman–Crippen LogP) is 2.60. The van der Waals surface area contributed by atoms with Crippen LogP contribution < -0.4 is 10.1 Å². The van der Waals surface area contributed by atoms with E-state index in [1.807, 2.05) is 24.3 Å². The molecule has 1 saturated carbocycles. The molecule has 1 aliphatic carbocycles. The Morgan fingerprint density at radius 3 is 2.53 bits per heavy atom. The molecule has 0 amide bonds. The van der Waals surface area contributed by atoms with Crippen LogP contribution >= 0.6 is 0 Å². The first-order valence-corrected chi connectivity index (χ1v) is 6.55. The molecule has 0 aromatic heterocycles. The Bertz CT molecular complexity index is 366. The standard InChI is InChI=1S/C14H19F2NO2/c15-14(16)10-18-7-8-19-13-5-1-11(2-6-13)9-17-12-3-4-12/h1-2,5-6,12,14,17H,3-4,7-10H2. The molecular formula is C14H19F2NO2. The SMILES string of the molecule is FC(F)COCCOc1ccc(CNC2CC2)cc1. The number of benzene rings is 1. The van der Waals surface area contributed by atoms with Gasteiger partial charge < -0.3 is 14.8 Å². The Morgan fingerprint density at radius 1 is 1.16 bits per heavy atom. The fraction of sp³-hybridized carbons (Fsp3) is 0.571. The van der Waals surface area contributed by atoms with Gasteiger partial charge in [0.05, 0.1) is 6.61 Å². The number of ether oxygens (including phenoxy) is 2. The molecule has 0 unspecified atom stereocenters. The van der Waals surface area contributed by atoms with Gasteiger partial charge in [0, 0.05) is 12.6 Å². The second kappa shape index (κ2) is 7.40. The van der Waals surface area contributed by atoms with Crippen LogP contribution in [0.4, 0.5) is 8.78 Å². The van der Waals surface area contributed by atoms with E-state index in [0.717, 1.165) is 12.3 Å². The maximum atomic E-state index is 11.8. The number of nitrogens with one attached hydrogen (secondary N) is 1. The first-order chi connectivity index (χ1) is 9.24. The number of alkyl halides is 2. The fourth-order valence-corrected chi connectivity index (χ4v) is 1.64. The summed E-state index contributed by atoms with van der Waals surface area (Å²) in [5.74, 6) is 0.732. The van der Waals surface area contributed by atoms with Crippen LogP contribution in [0.3, 0.4) is 0 Å². The van der Waals surface area contributed by atoms with Gasteiger partial charge in [0.15, 0.2) is 0 Å². The summed E-state index contributed by atoms with van der Waals surface area (Å²) in [6.07, 6.45) is 0.137. The van der Waals surface area contributed by atoms with E-state index in [-0.39, 0.29) is 13.2 Å². The molecule has 1 fully saturated rings. The van der Waals surface area contributed by atoms with E-state index in [9.17, 15) is 8.78 Å². The Labute approximate surface area is 111 Å². The summed E-state index contributed by atoms with van der Waals surface area (Å²) in [5.41, 5.74) is 1.22. The van der Waals surface area contributed by atoms with E-state index >= 15 is 0 Å². The Balaban J connectivity index is 1.60. The van der Waals surface area contributed by atoms with Crippen LogP contribution in [0.15, 0.2) is 24.3 Å². The first-order valence-electron chi connectivity index (χ1n) is 6.55. The van der Waals surface area contributed by atoms with Crippen LogP contribution in [0.5, 0.6) is 5.75 Å². The zero-order valence-corrected chi connectivity index (χ0v) is 10.8. The molecule has 2 rings (SSSR count). The summed E-state index contributed by atoms with van der Waals surface area (Å²) < 4.78 is 33.7. The van der Waals surface area contributed by atoms with Crippen molar-refractivity contribution in [2.75, 3.05) is 19.8 Å². The molecule has 1 aromatic carbocycles. The maximum Gasteiger partial charge on any atom is 0.261 e. The molecule has 1 aromatic rings. The van der Waals surface area contributed by atoms with Crippen LogP contribution in [0, 0.1) is 0 Å². The van der Waals surface area contributed by atoms with Crippen molar-refractivity contribution in [3.63, 3.8) is 0 Å². The topological polar surface area (TPSA) is 30.5 Å². The smallest absolute Gasteiger partial charge is 0.261 e. The highest BCUT2D eigenvalue weighted by molar-refractivity contribution is 5.27. The Hall–Kier alpha value is -1.20. The fourth-order valence-electron chi connectivity index (χ4n) is 1.64. The second-order valence-corrected chi connectivity index (χ2v) is 4.61. The molecule has 19 heavy (non-hydrogen) atoms. The molecule has 0 aliphatic heterocycles. The summed E-state index contributed by atoms with van der Waals surface area (Å²) in [7, 11) is 0. The maximum absolute atomic E-state index is 11.8. The highest BCUT2D eigenvalue weighted by atomic mass is 19.3. The third kappa shape index (κ3) is 5.98. The first kappa shape index (κ1) is 14.2. The summed E-state index contributed by atoms with van der Waals surface area (Å²) in [4.78, 5) is 0. The molecule has 1 N–H and O–H groups in total. The molecule has 106 valence electrons. The predicted molar refractivity (Wildman–Crippen MR) is 68.6 cm³/mol. The summed E-state index contributed by atoms with van der Waals surface area (Å²) >= 11 is 0. The van der Waals surface area contributed by atoms with Gasteiger partial charge in [-0.15, -0.1) is 0 Å². The molecular weight excluding hydrogens is 252 g/mol. The molecule has 1 aliphatic rings. The molecule has 0 spiro atoms. The molecule has 3 nitrogen and oxygen atoms in total. The van der Waals surface area contributed by atoms with Crippen LogP contribution in [-0.2, 0) is 11.3 Å². The van der Waals surface area contributed by atoms with E-state index in [1.165, 1.54) is 18.4 Å². The number of rotatable bonds is 9. The van der Waals surface area contributed by atoms with Gasteiger partial charge in [-0.3, -0.25) is 0 Å². The highest BCUT2D eigenvalue weighted by Gasteiger charge is 2.19. The second-order valence-electron chi connectivity index (χ2n) is 4.61.